The molecule has 0 aromatic carbocycles. The van der Waals surface area contributed by atoms with E-state index in [4.69, 9.17) is 4.74 Å². The number of hydrogen-bond donors (Lipinski definition) is 1. The Morgan fingerprint density at radius 1 is 1.39 bits per heavy atom. The van der Waals surface area contributed by atoms with Gasteiger partial charge in [0.15, 0.2) is 0 Å². The molecule has 0 saturated heterocycles. The normalized spacial score (nSPS) is 12.8. The number of hydrogen-bond acceptors (Lipinski definition) is 3. The Balaban J connectivity index is 2.54. The Hall–Kier alpha value is -0.870. The van der Waals surface area contributed by atoms with Crippen LogP contribution < -0.4 is 5.32 Å². The lowest BCUT2D eigenvalue weighted by Gasteiger charge is -2.19. The quantitative estimate of drug-likeness (QED) is 0.652. The topological polar surface area (TPSA) is 39.1 Å². The molecule has 0 fully saturated rings. The fourth-order valence-electron chi connectivity index (χ4n) is 2.07. The van der Waals surface area contributed by atoms with E-state index in [1.807, 2.05) is 13.1 Å². The van der Waals surface area contributed by atoms with Crippen molar-refractivity contribution in [3.63, 3.8) is 0 Å². The number of ether oxygens (including phenoxy) is 1. The summed E-state index contributed by atoms with van der Waals surface area (Å²) >= 11 is 0. The summed E-state index contributed by atoms with van der Waals surface area (Å²) in [6.45, 7) is 10.0. The van der Waals surface area contributed by atoms with Crippen LogP contribution >= 0.6 is 0 Å². The summed E-state index contributed by atoms with van der Waals surface area (Å²) < 4.78 is 7.62. The molecule has 0 bridgehead atoms. The van der Waals surface area contributed by atoms with E-state index in [-0.39, 0.29) is 0 Å². The van der Waals surface area contributed by atoms with Gasteiger partial charge in [-0.15, -0.1) is 0 Å². The highest BCUT2D eigenvalue weighted by Crippen LogP contribution is 2.17. The van der Waals surface area contributed by atoms with Crippen LogP contribution in [0.25, 0.3) is 0 Å². The van der Waals surface area contributed by atoms with E-state index in [0.717, 1.165) is 51.4 Å². The van der Waals surface area contributed by atoms with Gasteiger partial charge in [0.25, 0.3) is 0 Å². The highest BCUT2D eigenvalue weighted by Gasteiger charge is 2.15. The minimum absolute atomic E-state index is 0.348. The number of aromatic nitrogens is 2. The lowest BCUT2D eigenvalue weighted by molar-refractivity contribution is 0.140. The van der Waals surface area contributed by atoms with E-state index < -0.39 is 0 Å². The first-order valence-corrected chi connectivity index (χ1v) is 7.15. The molecule has 1 aromatic heterocycles. The molecule has 1 aromatic rings. The van der Waals surface area contributed by atoms with Gasteiger partial charge in [0.05, 0.1) is 6.04 Å². The minimum Gasteiger partial charge on any atom is -0.382 e. The second kappa shape index (κ2) is 9.11. The molecule has 0 saturated carbocycles. The lowest BCUT2D eigenvalue weighted by atomic mass is 10.1. The first kappa shape index (κ1) is 15.2. The summed E-state index contributed by atoms with van der Waals surface area (Å²) in [6, 6.07) is 0.348. The molecular weight excluding hydrogens is 226 g/mol. The van der Waals surface area contributed by atoms with Gasteiger partial charge in [0, 0.05) is 32.2 Å². The SMILES string of the molecule is CCCNC(CCCOCC)c1nccn1CC. The maximum absolute atomic E-state index is 5.41. The average Bonchev–Trinajstić information content (AvgIpc) is 2.86. The van der Waals surface area contributed by atoms with E-state index in [1.165, 1.54) is 0 Å². The third-order valence-electron chi connectivity index (χ3n) is 3.03. The van der Waals surface area contributed by atoms with E-state index in [0.29, 0.717) is 6.04 Å². The molecule has 1 N–H and O–H groups in total. The van der Waals surface area contributed by atoms with Gasteiger partial charge in [-0.1, -0.05) is 6.92 Å². The smallest absolute Gasteiger partial charge is 0.125 e. The number of imidazole rings is 1. The predicted molar refractivity (Wildman–Crippen MR) is 74.7 cm³/mol. The van der Waals surface area contributed by atoms with Crippen molar-refractivity contribution in [3.05, 3.63) is 18.2 Å². The summed E-state index contributed by atoms with van der Waals surface area (Å²) in [5.41, 5.74) is 0. The molecule has 4 nitrogen and oxygen atoms in total. The number of rotatable bonds is 10. The number of nitrogens with zero attached hydrogens (tertiary/aromatic N) is 2. The largest absolute Gasteiger partial charge is 0.382 e. The van der Waals surface area contributed by atoms with Gasteiger partial charge in [-0.05, 0) is 39.7 Å². The molecule has 4 heteroatoms. The predicted octanol–water partition coefficient (Wildman–Crippen LogP) is 2.76. The van der Waals surface area contributed by atoms with Crippen molar-refractivity contribution >= 4 is 0 Å². The summed E-state index contributed by atoms with van der Waals surface area (Å²) in [5.74, 6) is 1.16. The Bertz CT molecular complexity index is 312. The monoisotopic (exact) mass is 253 g/mol. The minimum atomic E-state index is 0.348. The van der Waals surface area contributed by atoms with Crippen molar-refractivity contribution in [2.75, 3.05) is 19.8 Å². The summed E-state index contributed by atoms with van der Waals surface area (Å²) in [6.07, 6.45) is 7.25. The van der Waals surface area contributed by atoms with Gasteiger partial charge in [-0.2, -0.15) is 0 Å². The molecule has 1 atom stereocenters. The molecule has 0 radical (unpaired) electrons. The van der Waals surface area contributed by atoms with Crippen LogP contribution in [0.1, 0.15) is 51.9 Å². The lowest BCUT2D eigenvalue weighted by Crippen LogP contribution is -2.25. The van der Waals surface area contributed by atoms with Crippen molar-refractivity contribution in [3.8, 4) is 0 Å². The fraction of sp³-hybridized carbons (Fsp3) is 0.786. The number of nitrogens with one attached hydrogen (secondary N) is 1. The Labute approximate surface area is 111 Å². The van der Waals surface area contributed by atoms with Crippen molar-refractivity contribution in [1.29, 1.82) is 0 Å². The van der Waals surface area contributed by atoms with Crippen LogP contribution in [0.3, 0.4) is 0 Å². The molecule has 1 unspecified atom stereocenters. The molecule has 18 heavy (non-hydrogen) atoms. The van der Waals surface area contributed by atoms with Crippen LogP contribution in [0.5, 0.6) is 0 Å². The Morgan fingerprint density at radius 3 is 2.89 bits per heavy atom. The van der Waals surface area contributed by atoms with Crippen LogP contribution in [0.4, 0.5) is 0 Å². The Kier molecular flexibility index (Phi) is 7.69. The highest BCUT2D eigenvalue weighted by atomic mass is 16.5. The second-order valence-electron chi connectivity index (χ2n) is 4.42. The molecule has 1 heterocycles. The van der Waals surface area contributed by atoms with E-state index >= 15 is 0 Å². The van der Waals surface area contributed by atoms with E-state index in [1.54, 1.807) is 0 Å². The fourth-order valence-corrected chi connectivity index (χ4v) is 2.07. The first-order valence-electron chi connectivity index (χ1n) is 7.15. The third-order valence-corrected chi connectivity index (χ3v) is 3.03. The van der Waals surface area contributed by atoms with Gasteiger partial charge < -0.3 is 14.6 Å². The molecule has 0 aliphatic rings. The van der Waals surface area contributed by atoms with Gasteiger partial charge >= 0.3 is 0 Å². The maximum Gasteiger partial charge on any atom is 0.125 e. The second-order valence-corrected chi connectivity index (χ2v) is 4.42. The Morgan fingerprint density at radius 2 is 2.22 bits per heavy atom. The standard InChI is InChI=1S/C14H27N3O/c1-4-9-15-13(8-7-12-18-6-3)14-16-10-11-17(14)5-2/h10-11,13,15H,4-9,12H2,1-3H3. The van der Waals surface area contributed by atoms with Gasteiger partial charge in [0.2, 0.25) is 0 Å². The van der Waals surface area contributed by atoms with Crippen LogP contribution in [-0.4, -0.2) is 29.3 Å². The van der Waals surface area contributed by atoms with E-state index in [9.17, 15) is 0 Å². The summed E-state index contributed by atoms with van der Waals surface area (Å²) in [5, 5.41) is 3.58. The van der Waals surface area contributed by atoms with Crippen molar-refractivity contribution < 1.29 is 4.74 Å². The van der Waals surface area contributed by atoms with Crippen LogP contribution in [-0.2, 0) is 11.3 Å². The zero-order chi connectivity index (χ0) is 13.2. The zero-order valence-corrected chi connectivity index (χ0v) is 12.0. The summed E-state index contributed by atoms with van der Waals surface area (Å²) in [4.78, 5) is 4.50. The van der Waals surface area contributed by atoms with Crippen molar-refractivity contribution in [2.45, 2.75) is 52.6 Å². The van der Waals surface area contributed by atoms with E-state index in [2.05, 4.69) is 34.9 Å². The molecule has 0 aliphatic carbocycles. The average molecular weight is 253 g/mol. The number of aryl methyl sites for hydroxylation is 1. The molecular formula is C14H27N3O. The molecule has 104 valence electrons. The zero-order valence-electron chi connectivity index (χ0n) is 12.0. The van der Waals surface area contributed by atoms with Crippen LogP contribution in [0, 0.1) is 0 Å². The molecule has 1 rings (SSSR count). The van der Waals surface area contributed by atoms with Crippen molar-refractivity contribution in [2.24, 2.45) is 0 Å². The maximum atomic E-state index is 5.41. The summed E-state index contributed by atoms with van der Waals surface area (Å²) in [7, 11) is 0. The molecule has 0 aliphatic heterocycles. The third kappa shape index (κ3) is 4.78. The van der Waals surface area contributed by atoms with Crippen molar-refractivity contribution in [1.82, 2.24) is 14.9 Å². The van der Waals surface area contributed by atoms with Crippen LogP contribution in [0.2, 0.25) is 0 Å². The molecule has 0 amide bonds. The molecule has 0 spiro atoms. The van der Waals surface area contributed by atoms with Gasteiger partial charge in [0.1, 0.15) is 5.82 Å². The van der Waals surface area contributed by atoms with Gasteiger partial charge in [-0.25, -0.2) is 4.98 Å². The van der Waals surface area contributed by atoms with Crippen LogP contribution in [0.15, 0.2) is 12.4 Å². The first-order chi connectivity index (χ1) is 8.83. The van der Waals surface area contributed by atoms with Gasteiger partial charge in [-0.3, -0.25) is 0 Å². The highest BCUT2D eigenvalue weighted by molar-refractivity contribution is 4.99.